The van der Waals surface area contributed by atoms with E-state index in [0.29, 0.717) is 22.3 Å². The molecule has 0 fully saturated rings. The van der Waals surface area contributed by atoms with E-state index in [0.717, 1.165) is 0 Å². The van der Waals surface area contributed by atoms with Crippen LogP contribution < -0.4 is 10.4 Å². The van der Waals surface area contributed by atoms with Crippen molar-refractivity contribution in [2.45, 2.75) is 6.54 Å². The van der Waals surface area contributed by atoms with Crippen molar-refractivity contribution in [2.24, 2.45) is 0 Å². The van der Waals surface area contributed by atoms with E-state index in [-0.39, 0.29) is 12.5 Å². The lowest BCUT2D eigenvalue weighted by Gasteiger charge is -2.06. The van der Waals surface area contributed by atoms with Gasteiger partial charge in [-0.15, -0.1) is 0 Å². The van der Waals surface area contributed by atoms with Crippen LogP contribution in [0.15, 0.2) is 45.9 Å². The molecule has 8 nitrogen and oxygen atoms in total. The van der Waals surface area contributed by atoms with Crippen molar-refractivity contribution in [1.29, 1.82) is 0 Å². The maximum absolute atomic E-state index is 11.7. The molecule has 0 saturated carbocycles. The Labute approximate surface area is 123 Å². The first-order valence-electron chi connectivity index (χ1n) is 6.35. The maximum Gasteiger partial charge on any atom is 0.434 e. The van der Waals surface area contributed by atoms with Crippen LogP contribution in [0.5, 0.6) is 5.75 Å². The van der Waals surface area contributed by atoms with E-state index in [9.17, 15) is 14.9 Å². The summed E-state index contributed by atoms with van der Waals surface area (Å²) in [6.45, 7) is 0.144. The second-order valence-corrected chi connectivity index (χ2v) is 4.57. The zero-order chi connectivity index (χ0) is 15.7. The molecule has 0 N–H and O–H groups in total. The number of imidazole rings is 1. The molecule has 3 aromatic rings. The highest BCUT2D eigenvalue weighted by Crippen LogP contribution is 2.23. The minimum absolute atomic E-state index is 0.144. The molecular weight excluding hydrogens is 290 g/mol. The molecule has 8 heteroatoms. The van der Waals surface area contributed by atoms with Crippen LogP contribution in [-0.4, -0.2) is 21.6 Å². The van der Waals surface area contributed by atoms with Gasteiger partial charge in [0, 0.05) is 23.1 Å². The molecule has 2 aromatic heterocycles. The highest BCUT2D eigenvalue weighted by Gasteiger charge is 2.16. The van der Waals surface area contributed by atoms with E-state index in [4.69, 9.17) is 9.15 Å². The summed E-state index contributed by atoms with van der Waals surface area (Å²) in [6, 6.07) is 6.39. The van der Waals surface area contributed by atoms with Gasteiger partial charge in [0.25, 0.3) is 0 Å². The van der Waals surface area contributed by atoms with Crippen LogP contribution in [0, 0.1) is 10.1 Å². The first-order valence-corrected chi connectivity index (χ1v) is 6.35. The minimum Gasteiger partial charge on any atom is -0.497 e. The molecule has 0 radical (unpaired) electrons. The highest BCUT2D eigenvalue weighted by molar-refractivity contribution is 5.81. The van der Waals surface area contributed by atoms with Gasteiger partial charge in [-0.25, -0.2) is 9.36 Å². The minimum atomic E-state index is -0.573. The standard InChI is InChI=1S/C14H11N3O5/c1-21-10-2-3-11-9(6-13(18)22-12(11)7-10)8-16-5-4-15-14(16)17(19)20/h2-7H,8H2,1H3. The summed E-state index contributed by atoms with van der Waals surface area (Å²) < 4.78 is 11.6. The molecule has 112 valence electrons. The summed E-state index contributed by atoms with van der Waals surface area (Å²) >= 11 is 0. The van der Waals surface area contributed by atoms with Crippen LogP contribution in [-0.2, 0) is 6.54 Å². The molecule has 0 bridgehead atoms. The van der Waals surface area contributed by atoms with Gasteiger partial charge >= 0.3 is 11.6 Å². The number of aromatic nitrogens is 2. The lowest BCUT2D eigenvalue weighted by atomic mass is 10.1. The summed E-state index contributed by atoms with van der Waals surface area (Å²) in [7, 11) is 1.51. The number of nitro groups is 1. The molecule has 0 aliphatic carbocycles. The van der Waals surface area contributed by atoms with Crippen molar-refractivity contribution in [1.82, 2.24) is 9.55 Å². The summed E-state index contributed by atoms with van der Waals surface area (Å²) in [5.41, 5.74) is 0.443. The first kappa shape index (κ1) is 13.8. The van der Waals surface area contributed by atoms with E-state index in [2.05, 4.69) is 4.98 Å². The van der Waals surface area contributed by atoms with Crippen LogP contribution in [0.1, 0.15) is 5.56 Å². The van der Waals surface area contributed by atoms with Crippen LogP contribution in [0.2, 0.25) is 0 Å². The number of rotatable bonds is 4. The number of benzene rings is 1. The van der Waals surface area contributed by atoms with E-state index in [1.165, 1.54) is 30.1 Å². The van der Waals surface area contributed by atoms with Gasteiger partial charge < -0.3 is 19.3 Å². The molecule has 0 aliphatic heterocycles. The van der Waals surface area contributed by atoms with Crippen LogP contribution in [0.4, 0.5) is 5.95 Å². The zero-order valence-corrected chi connectivity index (χ0v) is 11.6. The Bertz CT molecular complexity index is 912. The second kappa shape index (κ2) is 5.32. The van der Waals surface area contributed by atoms with Crippen molar-refractivity contribution in [3.63, 3.8) is 0 Å². The lowest BCUT2D eigenvalue weighted by molar-refractivity contribution is -0.396. The highest BCUT2D eigenvalue weighted by atomic mass is 16.6. The number of hydrogen-bond donors (Lipinski definition) is 0. The largest absolute Gasteiger partial charge is 0.497 e. The molecule has 0 atom stereocenters. The molecule has 0 aliphatic rings. The van der Waals surface area contributed by atoms with Gasteiger partial charge in [0.1, 0.15) is 23.7 Å². The first-order chi connectivity index (χ1) is 10.6. The Morgan fingerprint density at radius 3 is 2.95 bits per heavy atom. The molecule has 22 heavy (non-hydrogen) atoms. The number of hydrogen-bond acceptors (Lipinski definition) is 6. The molecule has 0 unspecified atom stereocenters. The van der Waals surface area contributed by atoms with Crippen molar-refractivity contribution >= 4 is 16.9 Å². The lowest BCUT2D eigenvalue weighted by Crippen LogP contribution is -2.07. The van der Waals surface area contributed by atoms with E-state index in [1.807, 2.05) is 0 Å². The predicted octanol–water partition coefficient (Wildman–Crippen LogP) is 1.95. The van der Waals surface area contributed by atoms with Gasteiger partial charge in [0.2, 0.25) is 0 Å². The summed E-state index contributed by atoms with van der Waals surface area (Å²) in [5.74, 6) is 0.274. The summed E-state index contributed by atoms with van der Waals surface area (Å²) in [6.07, 6.45) is 2.83. The molecule has 0 amide bonds. The van der Waals surface area contributed by atoms with Crippen molar-refractivity contribution in [3.05, 3.63) is 62.8 Å². The van der Waals surface area contributed by atoms with Gasteiger partial charge in [0.15, 0.2) is 0 Å². The Hall–Kier alpha value is -3.16. The third kappa shape index (κ3) is 2.41. The van der Waals surface area contributed by atoms with E-state index >= 15 is 0 Å². The quantitative estimate of drug-likeness (QED) is 0.415. The molecule has 3 rings (SSSR count). The molecule has 0 spiro atoms. The molecule has 0 saturated heterocycles. The van der Waals surface area contributed by atoms with Crippen LogP contribution in [0.3, 0.4) is 0 Å². The fourth-order valence-electron chi connectivity index (χ4n) is 2.25. The summed E-state index contributed by atoms with van der Waals surface area (Å²) in [4.78, 5) is 25.7. The smallest absolute Gasteiger partial charge is 0.434 e. The average molecular weight is 301 g/mol. The van der Waals surface area contributed by atoms with Crippen LogP contribution in [0.25, 0.3) is 11.0 Å². The third-order valence-corrected chi connectivity index (χ3v) is 3.23. The average Bonchev–Trinajstić information content (AvgIpc) is 2.94. The SMILES string of the molecule is COc1ccc2c(Cn3ccnc3[N+](=O)[O-])cc(=O)oc2c1. The van der Waals surface area contributed by atoms with Gasteiger partial charge in [-0.3, -0.25) is 0 Å². The van der Waals surface area contributed by atoms with Crippen LogP contribution >= 0.6 is 0 Å². The molecule has 1 aromatic carbocycles. The van der Waals surface area contributed by atoms with Gasteiger partial charge in [-0.1, -0.05) is 4.98 Å². The predicted molar refractivity (Wildman–Crippen MR) is 77.0 cm³/mol. The third-order valence-electron chi connectivity index (χ3n) is 3.23. The topological polar surface area (TPSA) is 100 Å². The Balaban J connectivity index is 2.12. The zero-order valence-electron chi connectivity index (χ0n) is 11.6. The van der Waals surface area contributed by atoms with E-state index < -0.39 is 10.5 Å². The van der Waals surface area contributed by atoms with Gasteiger partial charge in [-0.2, -0.15) is 0 Å². The monoisotopic (exact) mass is 301 g/mol. The molecule has 2 heterocycles. The van der Waals surface area contributed by atoms with Crippen molar-refractivity contribution < 1.29 is 14.1 Å². The number of nitrogens with zero attached hydrogens (tertiary/aromatic N) is 3. The van der Waals surface area contributed by atoms with Gasteiger partial charge in [-0.05, 0) is 17.1 Å². The number of fused-ring (bicyclic) bond motifs is 1. The Morgan fingerprint density at radius 1 is 1.41 bits per heavy atom. The fourth-order valence-corrected chi connectivity index (χ4v) is 2.25. The maximum atomic E-state index is 11.7. The van der Waals surface area contributed by atoms with Gasteiger partial charge in [0.05, 0.1) is 13.7 Å². The number of ether oxygens (including phenoxy) is 1. The normalized spacial score (nSPS) is 10.8. The van der Waals surface area contributed by atoms with Crippen molar-refractivity contribution in [3.8, 4) is 5.75 Å². The van der Waals surface area contributed by atoms with E-state index in [1.54, 1.807) is 18.2 Å². The second-order valence-electron chi connectivity index (χ2n) is 4.57. The molecular formula is C14H11N3O5. The van der Waals surface area contributed by atoms with Crippen molar-refractivity contribution in [2.75, 3.05) is 7.11 Å². The Morgan fingerprint density at radius 2 is 2.23 bits per heavy atom. The Kier molecular flexibility index (Phi) is 3.34. The summed E-state index contributed by atoms with van der Waals surface area (Å²) in [5, 5.41) is 11.6. The fraction of sp³-hybridized carbons (Fsp3) is 0.143. The number of methoxy groups -OCH3 is 1.